The van der Waals surface area contributed by atoms with Crippen molar-refractivity contribution in [3.63, 3.8) is 0 Å². The van der Waals surface area contributed by atoms with Crippen molar-refractivity contribution in [2.75, 3.05) is 39.1 Å². The van der Waals surface area contributed by atoms with E-state index >= 15 is 4.39 Å². The fraction of sp³-hybridized carbons (Fsp3) is 0.481. The molecule has 0 unspecified atom stereocenters. The number of benzene rings is 1. The number of piperidine rings is 1. The predicted octanol–water partition coefficient (Wildman–Crippen LogP) is 4.75. The van der Waals surface area contributed by atoms with E-state index in [4.69, 9.17) is 10.5 Å². The van der Waals surface area contributed by atoms with Crippen LogP contribution in [0.3, 0.4) is 0 Å². The van der Waals surface area contributed by atoms with Gasteiger partial charge in [0.25, 0.3) is 0 Å². The summed E-state index contributed by atoms with van der Waals surface area (Å²) in [6.07, 6.45) is 5.05. The number of pyridine rings is 2. The molecule has 3 aromatic rings. The number of likely N-dealkylation sites (tertiary alicyclic amines) is 1. The van der Waals surface area contributed by atoms with Crippen LogP contribution < -0.4 is 10.5 Å². The first kappa shape index (κ1) is 25.8. The molecule has 0 saturated carbocycles. The molecule has 4 rings (SSSR count). The van der Waals surface area contributed by atoms with Crippen LogP contribution in [0.1, 0.15) is 43.0 Å². The number of aliphatic hydroxyl groups is 1. The third-order valence-corrected chi connectivity index (χ3v) is 8.13. The molecule has 1 aliphatic heterocycles. The molecule has 1 aromatic carbocycles. The maximum absolute atomic E-state index is 15.8. The quantitative estimate of drug-likeness (QED) is 0.369. The Morgan fingerprint density at radius 2 is 2.06 bits per heavy atom. The maximum atomic E-state index is 15.8. The molecule has 1 fully saturated rings. The lowest BCUT2D eigenvalue weighted by atomic mass is 9.74. The highest BCUT2D eigenvalue weighted by atomic mass is 32.2. The van der Waals surface area contributed by atoms with E-state index in [1.807, 2.05) is 42.6 Å². The Balaban J connectivity index is 1.36. The zero-order valence-corrected chi connectivity index (χ0v) is 21.1. The van der Waals surface area contributed by atoms with Gasteiger partial charge in [0.05, 0.1) is 17.7 Å². The summed E-state index contributed by atoms with van der Waals surface area (Å²) < 4.78 is 21.1. The summed E-state index contributed by atoms with van der Waals surface area (Å²) in [4.78, 5) is 11.2. The number of aliphatic hydroxyl groups excluding tert-OH is 1. The summed E-state index contributed by atoms with van der Waals surface area (Å²) in [5.74, 6) is 1.65. The summed E-state index contributed by atoms with van der Waals surface area (Å²) in [5.41, 5.74) is 7.76. The Kier molecular flexibility index (Phi) is 8.94. The van der Waals surface area contributed by atoms with Gasteiger partial charge in [-0.3, -0.25) is 4.98 Å². The van der Waals surface area contributed by atoms with Crippen molar-refractivity contribution in [2.24, 2.45) is 11.1 Å². The van der Waals surface area contributed by atoms with Gasteiger partial charge in [-0.05, 0) is 80.1 Å². The second kappa shape index (κ2) is 12.1. The van der Waals surface area contributed by atoms with Crippen molar-refractivity contribution in [3.8, 4) is 5.75 Å². The van der Waals surface area contributed by atoms with Crippen LogP contribution in [0.15, 0.2) is 53.8 Å². The van der Waals surface area contributed by atoms with Crippen molar-refractivity contribution in [2.45, 2.75) is 43.4 Å². The van der Waals surface area contributed by atoms with Crippen LogP contribution in [-0.4, -0.2) is 59.1 Å². The zero-order valence-electron chi connectivity index (χ0n) is 20.3. The second-order valence-electron chi connectivity index (χ2n) is 9.31. The van der Waals surface area contributed by atoms with Crippen LogP contribution in [0, 0.1) is 5.41 Å². The molecule has 0 aliphatic carbocycles. The summed E-state index contributed by atoms with van der Waals surface area (Å²) in [6, 6.07) is 11.5. The van der Waals surface area contributed by atoms with Gasteiger partial charge in [0, 0.05) is 48.8 Å². The van der Waals surface area contributed by atoms with Gasteiger partial charge < -0.3 is 20.5 Å². The highest BCUT2D eigenvalue weighted by Gasteiger charge is 2.35. The number of methoxy groups -OCH3 is 1. The van der Waals surface area contributed by atoms with Crippen molar-refractivity contribution in [1.29, 1.82) is 0 Å². The number of rotatable bonds is 11. The fourth-order valence-corrected chi connectivity index (χ4v) is 5.79. The highest BCUT2D eigenvalue weighted by molar-refractivity contribution is 7.99. The minimum absolute atomic E-state index is 0.0882. The van der Waals surface area contributed by atoms with Crippen LogP contribution in [0.2, 0.25) is 0 Å². The van der Waals surface area contributed by atoms with Crippen molar-refractivity contribution in [1.82, 2.24) is 14.9 Å². The largest absolute Gasteiger partial charge is 0.497 e. The molecule has 1 atom stereocenters. The lowest BCUT2D eigenvalue weighted by Crippen LogP contribution is -2.42. The first-order valence-corrected chi connectivity index (χ1v) is 13.2. The number of alkyl halides is 1. The summed E-state index contributed by atoms with van der Waals surface area (Å²) in [5, 5.41) is 12.1. The number of aromatic nitrogens is 2. The number of ether oxygens (including phenoxy) is 1. The fourth-order valence-electron chi connectivity index (χ4n) is 4.92. The molecule has 1 saturated heterocycles. The molecule has 3 heterocycles. The monoisotopic (exact) mass is 498 g/mol. The SMILES string of the molecule is COc1ccc2ncc(CN)c([C@@H](F)CCC3(CO)CCN(CCSc4ccccn4)CC3)c2c1. The van der Waals surface area contributed by atoms with Crippen molar-refractivity contribution >= 4 is 22.7 Å². The number of hydrogen-bond donors (Lipinski definition) is 2. The van der Waals surface area contributed by atoms with Gasteiger partial charge in [-0.2, -0.15) is 0 Å². The Hall–Kier alpha value is -2.26. The molecule has 6 nitrogen and oxygen atoms in total. The Morgan fingerprint density at radius 3 is 2.74 bits per heavy atom. The lowest BCUT2D eigenvalue weighted by molar-refractivity contribution is 0.0322. The minimum atomic E-state index is -1.18. The average Bonchev–Trinajstić information content (AvgIpc) is 2.92. The van der Waals surface area contributed by atoms with Gasteiger partial charge in [0.15, 0.2) is 0 Å². The maximum Gasteiger partial charge on any atom is 0.126 e. The molecule has 2 aromatic heterocycles. The van der Waals surface area contributed by atoms with Gasteiger partial charge in [-0.1, -0.05) is 6.07 Å². The highest BCUT2D eigenvalue weighted by Crippen LogP contribution is 2.41. The Labute approximate surface area is 211 Å². The van der Waals surface area contributed by atoms with E-state index < -0.39 is 6.17 Å². The van der Waals surface area contributed by atoms with E-state index in [1.54, 1.807) is 25.1 Å². The van der Waals surface area contributed by atoms with Crippen LogP contribution in [0.4, 0.5) is 4.39 Å². The second-order valence-corrected chi connectivity index (χ2v) is 10.4. The van der Waals surface area contributed by atoms with Gasteiger partial charge in [-0.25, -0.2) is 9.37 Å². The van der Waals surface area contributed by atoms with E-state index in [2.05, 4.69) is 14.9 Å². The van der Waals surface area contributed by atoms with Crippen LogP contribution in [0.25, 0.3) is 10.9 Å². The first-order chi connectivity index (χ1) is 17.1. The topological polar surface area (TPSA) is 84.5 Å². The number of halogens is 1. The van der Waals surface area contributed by atoms with Gasteiger partial charge >= 0.3 is 0 Å². The number of thioether (sulfide) groups is 1. The summed E-state index contributed by atoms with van der Waals surface area (Å²) >= 11 is 1.76. The number of nitrogens with two attached hydrogens (primary N) is 1. The molecule has 0 bridgehead atoms. The summed E-state index contributed by atoms with van der Waals surface area (Å²) in [7, 11) is 1.60. The average molecular weight is 499 g/mol. The third kappa shape index (κ3) is 6.30. The van der Waals surface area contributed by atoms with E-state index in [0.717, 1.165) is 59.7 Å². The molecular formula is C27H35FN4O2S. The molecule has 8 heteroatoms. The smallest absolute Gasteiger partial charge is 0.126 e. The van der Waals surface area contributed by atoms with Crippen LogP contribution >= 0.6 is 11.8 Å². The lowest BCUT2D eigenvalue weighted by Gasteiger charge is -2.41. The van der Waals surface area contributed by atoms with Gasteiger partial charge in [0.1, 0.15) is 11.9 Å². The van der Waals surface area contributed by atoms with Crippen LogP contribution in [0.5, 0.6) is 5.75 Å². The molecule has 3 N–H and O–H groups in total. The van der Waals surface area contributed by atoms with Crippen molar-refractivity contribution in [3.05, 3.63) is 59.9 Å². The van der Waals surface area contributed by atoms with E-state index in [0.29, 0.717) is 24.2 Å². The molecule has 188 valence electrons. The van der Waals surface area contributed by atoms with Gasteiger partial charge in [0.2, 0.25) is 0 Å². The molecule has 1 aliphatic rings. The Morgan fingerprint density at radius 1 is 1.23 bits per heavy atom. The minimum Gasteiger partial charge on any atom is -0.497 e. The number of hydrogen-bond acceptors (Lipinski definition) is 7. The third-order valence-electron chi connectivity index (χ3n) is 7.21. The number of nitrogens with zero attached hydrogens (tertiary/aromatic N) is 3. The van der Waals surface area contributed by atoms with Crippen LogP contribution in [-0.2, 0) is 6.54 Å². The van der Waals surface area contributed by atoms with Gasteiger partial charge in [-0.15, -0.1) is 11.8 Å². The standard InChI is InChI=1S/C27H35FN4O2S/c1-34-21-5-6-24-22(16-21)26(20(17-29)18-31-24)23(28)7-8-27(19-33)9-12-32(13-10-27)14-15-35-25-4-2-3-11-30-25/h2-6,11,16,18,23,33H,7-10,12-15,17,19,29H2,1H3/t23-/m0/s1. The summed E-state index contributed by atoms with van der Waals surface area (Å²) in [6.45, 7) is 3.14. The zero-order chi connectivity index (χ0) is 24.7. The number of fused-ring (bicyclic) bond motifs is 1. The Bertz CT molecular complexity index is 1090. The van der Waals surface area contributed by atoms with E-state index in [1.165, 1.54) is 0 Å². The first-order valence-electron chi connectivity index (χ1n) is 12.2. The molecule has 0 radical (unpaired) electrons. The van der Waals surface area contributed by atoms with Crippen molar-refractivity contribution < 1.29 is 14.2 Å². The molecule has 35 heavy (non-hydrogen) atoms. The normalized spacial score (nSPS) is 16.9. The molecular weight excluding hydrogens is 463 g/mol. The predicted molar refractivity (Wildman–Crippen MR) is 139 cm³/mol. The molecule has 0 spiro atoms. The molecule has 0 amide bonds. The van der Waals surface area contributed by atoms with E-state index in [9.17, 15) is 5.11 Å². The van der Waals surface area contributed by atoms with E-state index in [-0.39, 0.29) is 18.6 Å².